The highest BCUT2D eigenvalue weighted by atomic mass is 35.5. The van der Waals surface area contributed by atoms with E-state index in [0.717, 1.165) is 5.56 Å². The molecule has 0 heterocycles. The average molecular weight is 309 g/mol. The summed E-state index contributed by atoms with van der Waals surface area (Å²) in [4.78, 5) is 11.4. The van der Waals surface area contributed by atoms with Crippen LogP contribution in [0.3, 0.4) is 0 Å². The first-order chi connectivity index (χ1) is 9.11. The molecule has 1 rings (SSSR count). The zero-order valence-electron chi connectivity index (χ0n) is 11.0. The van der Waals surface area contributed by atoms with Crippen LogP contribution in [0, 0.1) is 0 Å². The first-order valence-electron chi connectivity index (χ1n) is 6.08. The Kier molecular flexibility index (Phi) is 9.67. The Morgan fingerprint density at radius 3 is 2.80 bits per heavy atom. The number of carbonyl (C=O) groups excluding carboxylic acids is 1. The molecule has 20 heavy (non-hydrogen) atoms. The van der Waals surface area contributed by atoms with Gasteiger partial charge in [0.2, 0.25) is 5.91 Å². The number of hydrogen-bond donors (Lipinski definition) is 2. The van der Waals surface area contributed by atoms with Crippen molar-refractivity contribution >= 4 is 18.3 Å². The predicted molar refractivity (Wildman–Crippen MR) is 75.3 cm³/mol. The maximum absolute atomic E-state index is 12.0. The molecule has 3 N–H and O–H groups in total. The Bertz CT molecular complexity index is 406. The fraction of sp³-hybridized carbons (Fsp3) is 0.462. The molecular formula is C13H19ClF2N2O2. The van der Waals surface area contributed by atoms with Crippen molar-refractivity contribution in [2.75, 3.05) is 13.2 Å². The molecule has 0 bridgehead atoms. The standard InChI is InChI=1S/C13H18F2N2O2.ClH/c14-12(15)9-19-11-4-1-3-10(7-11)8-17-13(18)5-2-6-16;/h1,3-4,7,12H,2,5-6,8-9,16H2,(H,17,18);1H. The van der Waals surface area contributed by atoms with Gasteiger partial charge in [-0.15, -0.1) is 12.4 Å². The molecule has 0 saturated carbocycles. The van der Waals surface area contributed by atoms with Crippen LogP contribution in [-0.4, -0.2) is 25.5 Å². The van der Waals surface area contributed by atoms with Crippen molar-refractivity contribution in [1.29, 1.82) is 0 Å². The van der Waals surface area contributed by atoms with E-state index in [1.807, 2.05) is 0 Å². The highest BCUT2D eigenvalue weighted by Gasteiger charge is 2.05. The fourth-order valence-electron chi connectivity index (χ4n) is 1.46. The molecule has 0 aromatic heterocycles. The number of amides is 1. The molecule has 0 atom stereocenters. The Morgan fingerprint density at radius 1 is 1.40 bits per heavy atom. The molecule has 1 aromatic rings. The smallest absolute Gasteiger partial charge is 0.272 e. The average Bonchev–Trinajstić information content (AvgIpc) is 2.41. The molecule has 0 aliphatic heterocycles. The zero-order valence-corrected chi connectivity index (χ0v) is 11.8. The fourth-order valence-corrected chi connectivity index (χ4v) is 1.46. The van der Waals surface area contributed by atoms with Crippen LogP contribution in [0.15, 0.2) is 24.3 Å². The summed E-state index contributed by atoms with van der Waals surface area (Å²) in [5, 5.41) is 2.73. The third kappa shape index (κ3) is 7.91. The molecular weight excluding hydrogens is 290 g/mol. The normalized spacial score (nSPS) is 10.0. The van der Waals surface area contributed by atoms with Gasteiger partial charge in [0.25, 0.3) is 6.43 Å². The van der Waals surface area contributed by atoms with E-state index in [0.29, 0.717) is 31.7 Å². The number of nitrogens with two attached hydrogens (primary N) is 1. The molecule has 4 nitrogen and oxygen atoms in total. The summed E-state index contributed by atoms with van der Waals surface area (Å²) in [6, 6.07) is 6.72. The molecule has 1 aromatic carbocycles. The first-order valence-corrected chi connectivity index (χ1v) is 6.08. The highest BCUT2D eigenvalue weighted by molar-refractivity contribution is 5.85. The lowest BCUT2D eigenvalue weighted by molar-refractivity contribution is -0.121. The molecule has 0 unspecified atom stereocenters. The van der Waals surface area contributed by atoms with E-state index in [9.17, 15) is 13.6 Å². The second-order valence-electron chi connectivity index (χ2n) is 4.02. The van der Waals surface area contributed by atoms with E-state index in [1.54, 1.807) is 24.3 Å². The van der Waals surface area contributed by atoms with Crippen molar-refractivity contribution in [2.45, 2.75) is 25.8 Å². The lowest BCUT2D eigenvalue weighted by Crippen LogP contribution is -2.23. The Hall–Kier alpha value is -1.40. The minimum Gasteiger partial charge on any atom is -0.488 e. The molecule has 0 spiro atoms. The molecule has 0 aliphatic carbocycles. The van der Waals surface area contributed by atoms with Crippen molar-refractivity contribution in [2.24, 2.45) is 5.73 Å². The minimum atomic E-state index is -2.50. The molecule has 0 fully saturated rings. The van der Waals surface area contributed by atoms with Crippen LogP contribution < -0.4 is 15.8 Å². The summed E-state index contributed by atoms with van der Waals surface area (Å²) in [5.41, 5.74) is 6.10. The third-order valence-corrected chi connectivity index (χ3v) is 2.37. The summed E-state index contributed by atoms with van der Waals surface area (Å²) in [6.07, 6.45) is -1.47. The molecule has 1 amide bonds. The number of nitrogens with one attached hydrogen (secondary N) is 1. The van der Waals surface area contributed by atoms with Crippen LogP contribution in [-0.2, 0) is 11.3 Å². The molecule has 114 valence electrons. The number of hydrogen-bond acceptors (Lipinski definition) is 3. The van der Waals surface area contributed by atoms with Crippen molar-refractivity contribution in [3.05, 3.63) is 29.8 Å². The van der Waals surface area contributed by atoms with Crippen molar-refractivity contribution in [3.63, 3.8) is 0 Å². The van der Waals surface area contributed by atoms with E-state index in [1.165, 1.54) is 0 Å². The van der Waals surface area contributed by atoms with Gasteiger partial charge in [0.1, 0.15) is 12.4 Å². The first kappa shape index (κ1) is 18.6. The van der Waals surface area contributed by atoms with E-state index >= 15 is 0 Å². The van der Waals surface area contributed by atoms with Crippen molar-refractivity contribution < 1.29 is 18.3 Å². The SMILES string of the molecule is Cl.NCCCC(=O)NCc1cccc(OCC(F)F)c1. The van der Waals surface area contributed by atoms with Gasteiger partial charge in [0, 0.05) is 13.0 Å². The van der Waals surface area contributed by atoms with Crippen LogP contribution in [0.5, 0.6) is 5.75 Å². The Morgan fingerprint density at radius 2 is 2.15 bits per heavy atom. The Balaban J connectivity index is 0.00000361. The predicted octanol–water partition coefficient (Wildman–Crippen LogP) is 2.11. The van der Waals surface area contributed by atoms with Crippen LogP contribution in [0.1, 0.15) is 18.4 Å². The number of carbonyl (C=O) groups is 1. The van der Waals surface area contributed by atoms with Gasteiger partial charge in [-0.1, -0.05) is 12.1 Å². The van der Waals surface area contributed by atoms with Crippen LogP contribution in [0.4, 0.5) is 8.78 Å². The highest BCUT2D eigenvalue weighted by Crippen LogP contribution is 2.14. The Labute approximate surface area is 123 Å². The quantitative estimate of drug-likeness (QED) is 0.773. The van der Waals surface area contributed by atoms with Gasteiger partial charge in [-0.3, -0.25) is 4.79 Å². The molecule has 0 aliphatic rings. The third-order valence-electron chi connectivity index (χ3n) is 2.37. The molecule has 0 radical (unpaired) electrons. The lowest BCUT2D eigenvalue weighted by atomic mass is 10.2. The number of rotatable bonds is 8. The zero-order chi connectivity index (χ0) is 14.1. The lowest BCUT2D eigenvalue weighted by Gasteiger charge is -2.08. The van der Waals surface area contributed by atoms with Gasteiger partial charge in [-0.2, -0.15) is 0 Å². The summed E-state index contributed by atoms with van der Waals surface area (Å²) in [6.45, 7) is 0.186. The van der Waals surface area contributed by atoms with Crippen LogP contribution >= 0.6 is 12.4 Å². The van der Waals surface area contributed by atoms with E-state index < -0.39 is 13.0 Å². The maximum atomic E-state index is 12.0. The van der Waals surface area contributed by atoms with E-state index in [-0.39, 0.29) is 18.3 Å². The minimum absolute atomic E-state index is 0. The van der Waals surface area contributed by atoms with Crippen LogP contribution in [0.25, 0.3) is 0 Å². The van der Waals surface area contributed by atoms with Gasteiger partial charge >= 0.3 is 0 Å². The van der Waals surface area contributed by atoms with E-state index in [4.69, 9.17) is 10.5 Å². The van der Waals surface area contributed by atoms with Crippen molar-refractivity contribution in [1.82, 2.24) is 5.32 Å². The largest absolute Gasteiger partial charge is 0.488 e. The second kappa shape index (κ2) is 10.4. The van der Waals surface area contributed by atoms with Gasteiger partial charge < -0.3 is 15.8 Å². The van der Waals surface area contributed by atoms with Gasteiger partial charge in [-0.25, -0.2) is 8.78 Å². The van der Waals surface area contributed by atoms with Crippen LogP contribution in [0.2, 0.25) is 0 Å². The second-order valence-corrected chi connectivity index (χ2v) is 4.02. The molecule has 0 saturated heterocycles. The van der Waals surface area contributed by atoms with Gasteiger partial charge in [-0.05, 0) is 30.7 Å². The molecule has 7 heteroatoms. The summed E-state index contributed by atoms with van der Waals surface area (Å²) in [5.74, 6) is 0.290. The number of benzene rings is 1. The number of alkyl halides is 2. The topological polar surface area (TPSA) is 64.4 Å². The van der Waals surface area contributed by atoms with Gasteiger partial charge in [0.05, 0.1) is 0 Å². The van der Waals surface area contributed by atoms with Gasteiger partial charge in [0.15, 0.2) is 0 Å². The monoisotopic (exact) mass is 308 g/mol. The number of halogens is 3. The van der Waals surface area contributed by atoms with Crippen molar-refractivity contribution in [3.8, 4) is 5.75 Å². The summed E-state index contributed by atoms with van der Waals surface area (Å²) in [7, 11) is 0. The maximum Gasteiger partial charge on any atom is 0.272 e. The summed E-state index contributed by atoms with van der Waals surface area (Å²) < 4.78 is 28.9. The number of ether oxygens (including phenoxy) is 1. The summed E-state index contributed by atoms with van der Waals surface area (Å²) >= 11 is 0. The van der Waals surface area contributed by atoms with E-state index in [2.05, 4.69) is 5.32 Å².